The average molecular weight is 337 g/mol. The van der Waals surface area contributed by atoms with Gasteiger partial charge in [0.05, 0.1) is 6.20 Å². The number of ether oxygens (including phenoxy) is 1. The van der Waals surface area contributed by atoms with E-state index in [9.17, 15) is 0 Å². The van der Waals surface area contributed by atoms with Gasteiger partial charge in [-0.15, -0.1) is 0 Å². The molecule has 25 heavy (non-hydrogen) atoms. The largest absolute Gasteiger partial charge is 0.492 e. The number of fused-ring (bicyclic) bond motifs is 4. The molecule has 0 saturated heterocycles. The number of benzene rings is 1. The molecule has 0 spiro atoms. The molecule has 4 rings (SSSR count). The molecule has 6 heteroatoms. The Kier molecular flexibility index (Phi) is 4.28. The molecule has 6 nitrogen and oxygen atoms in total. The molecule has 0 aliphatic carbocycles. The molecular weight excluding hydrogens is 314 g/mol. The van der Waals surface area contributed by atoms with Gasteiger partial charge in [-0.2, -0.15) is 5.10 Å². The number of hydrogen-bond acceptors (Lipinski definition) is 5. The van der Waals surface area contributed by atoms with E-state index in [1.165, 1.54) is 0 Å². The first-order valence-corrected chi connectivity index (χ1v) is 8.76. The van der Waals surface area contributed by atoms with Crippen LogP contribution in [0.2, 0.25) is 0 Å². The zero-order valence-corrected chi connectivity index (χ0v) is 14.6. The molecule has 1 aliphatic rings. The summed E-state index contributed by atoms with van der Waals surface area (Å²) in [5.74, 6) is 1.76. The van der Waals surface area contributed by atoms with Crippen molar-refractivity contribution in [3.05, 3.63) is 42.7 Å². The Balaban J connectivity index is 1.75. The molecule has 0 atom stereocenters. The summed E-state index contributed by atoms with van der Waals surface area (Å²) in [5, 5.41) is 7.85. The van der Waals surface area contributed by atoms with E-state index in [1.807, 2.05) is 30.6 Å². The molecule has 4 bridgehead atoms. The zero-order valence-electron chi connectivity index (χ0n) is 14.6. The third kappa shape index (κ3) is 3.30. The van der Waals surface area contributed by atoms with Gasteiger partial charge < -0.3 is 10.1 Å². The number of aromatic nitrogens is 3. The first-order chi connectivity index (χ1) is 12.2. The first kappa shape index (κ1) is 15.9. The van der Waals surface area contributed by atoms with Gasteiger partial charge in [0.25, 0.3) is 0 Å². The van der Waals surface area contributed by atoms with Crippen LogP contribution in [0.15, 0.2) is 42.7 Å². The standard InChI is InChI=1S/C19H23N5O/c1-14(2)23-9-7-20-18-6-8-24-19(22-18)17(13-21-24)15-4-3-5-16(12-15)25-11-10-23/h3-6,8,12-14H,7,9-11H2,1-2H3,(H,20,22). The lowest BCUT2D eigenvalue weighted by atomic mass is 10.1. The Hall–Kier alpha value is -2.60. The Morgan fingerprint density at radius 3 is 3.00 bits per heavy atom. The van der Waals surface area contributed by atoms with Gasteiger partial charge in [0.15, 0.2) is 5.65 Å². The maximum atomic E-state index is 5.99. The van der Waals surface area contributed by atoms with Crippen LogP contribution in [0, 0.1) is 0 Å². The average Bonchev–Trinajstić information content (AvgIpc) is 3.03. The molecule has 1 N–H and O–H groups in total. The third-order valence-electron chi connectivity index (χ3n) is 4.60. The van der Waals surface area contributed by atoms with Crippen molar-refractivity contribution >= 4 is 11.5 Å². The highest BCUT2D eigenvalue weighted by Gasteiger charge is 2.13. The molecule has 1 aromatic carbocycles. The summed E-state index contributed by atoms with van der Waals surface area (Å²) >= 11 is 0. The van der Waals surface area contributed by atoms with Crippen molar-refractivity contribution in [2.75, 3.05) is 31.6 Å². The fourth-order valence-corrected chi connectivity index (χ4v) is 3.16. The van der Waals surface area contributed by atoms with Gasteiger partial charge in [-0.1, -0.05) is 12.1 Å². The van der Waals surface area contributed by atoms with Crippen molar-refractivity contribution in [3.8, 4) is 16.9 Å². The molecular formula is C19H23N5O. The van der Waals surface area contributed by atoms with Crippen molar-refractivity contribution in [2.45, 2.75) is 19.9 Å². The van der Waals surface area contributed by atoms with Crippen LogP contribution in [0.25, 0.3) is 16.8 Å². The van der Waals surface area contributed by atoms with Crippen molar-refractivity contribution in [1.29, 1.82) is 0 Å². The highest BCUT2D eigenvalue weighted by molar-refractivity contribution is 5.78. The maximum absolute atomic E-state index is 5.99. The van der Waals surface area contributed by atoms with Crippen LogP contribution < -0.4 is 10.1 Å². The molecule has 130 valence electrons. The fourth-order valence-electron chi connectivity index (χ4n) is 3.16. The van der Waals surface area contributed by atoms with Crippen LogP contribution in [0.1, 0.15) is 13.8 Å². The third-order valence-corrected chi connectivity index (χ3v) is 4.60. The van der Waals surface area contributed by atoms with Gasteiger partial charge in [-0.05, 0) is 37.6 Å². The molecule has 1 aliphatic heterocycles. The Labute approximate surface area is 147 Å². The monoisotopic (exact) mass is 337 g/mol. The Bertz CT molecular complexity index is 873. The second-order valence-corrected chi connectivity index (χ2v) is 6.57. The lowest BCUT2D eigenvalue weighted by Gasteiger charge is -2.26. The van der Waals surface area contributed by atoms with Gasteiger partial charge in [0, 0.05) is 37.4 Å². The van der Waals surface area contributed by atoms with Crippen LogP contribution in [0.4, 0.5) is 5.82 Å². The molecule has 0 amide bonds. The molecule has 0 radical (unpaired) electrons. The van der Waals surface area contributed by atoms with Crippen LogP contribution >= 0.6 is 0 Å². The highest BCUT2D eigenvalue weighted by atomic mass is 16.5. The predicted octanol–water partition coefficient (Wildman–Crippen LogP) is 2.91. The van der Waals surface area contributed by atoms with Crippen LogP contribution in [0.3, 0.4) is 0 Å². The van der Waals surface area contributed by atoms with Crippen molar-refractivity contribution in [3.63, 3.8) is 0 Å². The topological polar surface area (TPSA) is 54.7 Å². The minimum Gasteiger partial charge on any atom is -0.492 e. The Morgan fingerprint density at radius 1 is 1.20 bits per heavy atom. The van der Waals surface area contributed by atoms with E-state index in [-0.39, 0.29) is 0 Å². The van der Waals surface area contributed by atoms with Crippen LogP contribution in [0.5, 0.6) is 5.75 Å². The number of rotatable bonds is 1. The SMILES string of the molecule is CC(C)N1CCNc2ccn3ncc(c3n2)-c2cccc(c2)OCC1. The number of hydrogen-bond donors (Lipinski definition) is 1. The van der Waals surface area contributed by atoms with Crippen LogP contribution in [-0.4, -0.2) is 51.8 Å². The summed E-state index contributed by atoms with van der Waals surface area (Å²) in [5.41, 5.74) is 2.92. The van der Waals surface area contributed by atoms with Gasteiger partial charge >= 0.3 is 0 Å². The second-order valence-electron chi connectivity index (χ2n) is 6.57. The minimum atomic E-state index is 0.474. The van der Waals surface area contributed by atoms with E-state index >= 15 is 0 Å². The quantitative estimate of drug-likeness (QED) is 0.740. The summed E-state index contributed by atoms with van der Waals surface area (Å²) in [6.07, 6.45) is 3.80. The van der Waals surface area contributed by atoms with Gasteiger partial charge in [-0.25, -0.2) is 9.50 Å². The summed E-state index contributed by atoms with van der Waals surface area (Å²) in [7, 11) is 0. The fraction of sp³-hybridized carbons (Fsp3) is 0.368. The number of anilines is 1. The number of nitrogens with one attached hydrogen (secondary N) is 1. The lowest BCUT2D eigenvalue weighted by Crippen LogP contribution is -2.38. The van der Waals surface area contributed by atoms with Crippen molar-refractivity contribution < 1.29 is 4.74 Å². The van der Waals surface area contributed by atoms with E-state index < -0.39 is 0 Å². The molecule has 2 aromatic heterocycles. The number of nitrogens with zero attached hydrogens (tertiary/aromatic N) is 4. The van der Waals surface area contributed by atoms with Crippen LogP contribution in [-0.2, 0) is 0 Å². The highest BCUT2D eigenvalue weighted by Crippen LogP contribution is 2.27. The molecule has 0 fully saturated rings. The van der Waals surface area contributed by atoms with E-state index in [2.05, 4.69) is 41.3 Å². The first-order valence-electron chi connectivity index (χ1n) is 8.76. The van der Waals surface area contributed by atoms with Gasteiger partial charge in [-0.3, -0.25) is 4.90 Å². The Morgan fingerprint density at radius 2 is 2.12 bits per heavy atom. The molecule has 0 unspecified atom stereocenters. The smallest absolute Gasteiger partial charge is 0.165 e. The van der Waals surface area contributed by atoms with Crippen molar-refractivity contribution in [2.24, 2.45) is 0 Å². The van der Waals surface area contributed by atoms with E-state index in [0.717, 1.165) is 48.0 Å². The predicted molar refractivity (Wildman–Crippen MR) is 99.1 cm³/mol. The zero-order chi connectivity index (χ0) is 17.2. The summed E-state index contributed by atoms with van der Waals surface area (Å²) in [6, 6.07) is 10.6. The lowest BCUT2D eigenvalue weighted by molar-refractivity contribution is 0.181. The van der Waals surface area contributed by atoms with Crippen molar-refractivity contribution in [1.82, 2.24) is 19.5 Å². The summed E-state index contributed by atoms with van der Waals surface area (Å²) < 4.78 is 7.80. The minimum absolute atomic E-state index is 0.474. The molecule has 3 aromatic rings. The van der Waals surface area contributed by atoms with Gasteiger partial charge in [0.2, 0.25) is 0 Å². The summed E-state index contributed by atoms with van der Waals surface area (Å²) in [4.78, 5) is 7.16. The summed E-state index contributed by atoms with van der Waals surface area (Å²) in [6.45, 7) is 7.79. The molecule has 3 heterocycles. The maximum Gasteiger partial charge on any atom is 0.165 e. The second kappa shape index (κ2) is 6.72. The molecule has 0 saturated carbocycles. The van der Waals surface area contributed by atoms with E-state index in [1.54, 1.807) is 4.52 Å². The van der Waals surface area contributed by atoms with E-state index in [4.69, 9.17) is 9.72 Å². The van der Waals surface area contributed by atoms with Gasteiger partial charge in [0.1, 0.15) is 18.2 Å². The normalized spacial score (nSPS) is 15.8. The van der Waals surface area contributed by atoms with E-state index in [0.29, 0.717) is 12.6 Å².